The fraction of sp³-hybridized carbons (Fsp3) is 0.231. The Morgan fingerprint density at radius 1 is 1.47 bits per heavy atom. The second-order valence-electron chi connectivity index (χ2n) is 3.92. The van der Waals surface area contributed by atoms with Gasteiger partial charge in [-0.3, -0.25) is 9.48 Å². The van der Waals surface area contributed by atoms with E-state index in [-0.39, 0.29) is 5.78 Å². The molecule has 0 N–H and O–H groups in total. The summed E-state index contributed by atoms with van der Waals surface area (Å²) in [6.07, 6.45) is 3.45. The van der Waals surface area contributed by atoms with E-state index in [1.54, 1.807) is 22.1 Å². The van der Waals surface area contributed by atoms with Gasteiger partial charge in [0.2, 0.25) is 0 Å². The Morgan fingerprint density at radius 3 is 2.76 bits per heavy atom. The molecule has 3 nitrogen and oxygen atoms in total. The first-order valence-electron chi connectivity index (χ1n) is 5.34. The van der Waals surface area contributed by atoms with E-state index in [0.717, 1.165) is 17.0 Å². The van der Waals surface area contributed by atoms with Crippen molar-refractivity contribution in [1.29, 1.82) is 0 Å². The lowest BCUT2D eigenvalue weighted by molar-refractivity contribution is 0.104. The number of aromatic nitrogens is 2. The Labute approximate surface area is 104 Å². The number of allylic oxidation sites excluding steroid dienone is 1. The predicted octanol–water partition coefficient (Wildman–Crippen LogP) is 2.99. The van der Waals surface area contributed by atoms with Crippen LogP contribution < -0.4 is 0 Å². The third-order valence-corrected chi connectivity index (χ3v) is 3.43. The van der Waals surface area contributed by atoms with Crippen LogP contribution in [-0.4, -0.2) is 15.6 Å². The highest BCUT2D eigenvalue weighted by Crippen LogP contribution is 2.14. The smallest absolute Gasteiger partial charge is 0.189 e. The van der Waals surface area contributed by atoms with Crippen molar-refractivity contribution in [3.05, 3.63) is 45.4 Å². The summed E-state index contributed by atoms with van der Waals surface area (Å²) >= 11 is 1.62. The van der Waals surface area contributed by atoms with Crippen LogP contribution in [0.1, 0.15) is 27.3 Å². The molecule has 0 aliphatic rings. The van der Waals surface area contributed by atoms with Crippen molar-refractivity contribution in [3.8, 4) is 0 Å². The van der Waals surface area contributed by atoms with E-state index in [9.17, 15) is 4.79 Å². The topological polar surface area (TPSA) is 34.9 Å². The Balaban J connectivity index is 2.26. The van der Waals surface area contributed by atoms with E-state index in [0.29, 0.717) is 5.56 Å². The van der Waals surface area contributed by atoms with Crippen LogP contribution in [0.2, 0.25) is 0 Å². The average molecular weight is 246 g/mol. The molecule has 17 heavy (non-hydrogen) atoms. The number of ketones is 1. The summed E-state index contributed by atoms with van der Waals surface area (Å²) in [5, 5.41) is 8.24. The van der Waals surface area contributed by atoms with Crippen LogP contribution in [0.15, 0.2) is 22.9 Å². The predicted molar refractivity (Wildman–Crippen MR) is 70.4 cm³/mol. The monoisotopic (exact) mass is 246 g/mol. The number of rotatable bonds is 3. The van der Waals surface area contributed by atoms with Crippen molar-refractivity contribution in [3.63, 3.8) is 0 Å². The van der Waals surface area contributed by atoms with E-state index in [1.165, 1.54) is 0 Å². The van der Waals surface area contributed by atoms with Crippen LogP contribution >= 0.6 is 11.3 Å². The second-order valence-corrected chi connectivity index (χ2v) is 4.70. The number of thiophene rings is 1. The van der Waals surface area contributed by atoms with Gasteiger partial charge >= 0.3 is 0 Å². The van der Waals surface area contributed by atoms with E-state index >= 15 is 0 Å². The molecule has 0 aliphatic carbocycles. The largest absolute Gasteiger partial charge is 0.289 e. The Kier molecular flexibility index (Phi) is 3.24. The van der Waals surface area contributed by atoms with E-state index in [4.69, 9.17) is 0 Å². The van der Waals surface area contributed by atoms with Crippen LogP contribution in [0.25, 0.3) is 6.08 Å². The van der Waals surface area contributed by atoms with Crippen LogP contribution in [0.3, 0.4) is 0 Å². The summed E-state index contributed by atoms with van der Waals surface area (Å²) in [5.74, 6) is 0.0132. The minimum absolute atomic E-state index is 0.0132. The van der Waals surface area contributed by atoms with Crippen LogP contribution in [0.4, 0.5) is 0 Å². The third kappa shape index (κ3) is 2.36. The lowest BCUT2D eigenvalue weighted by Gasteiger charge is -1.96. The Bertz CT molecular complexity index is 565. The van der Waals surface area contributed by atoms with E-state index in [2.05, 4.69) is 5.10 Å². The molecule has 0 saturated heterocycles. The number of hydrogen-bond donors (Lipinski definition) is 0. The van der Waals surface area contributed by atoms with Gasteiger partial charge in [-0.2, -0.15) is 16.4 Å². The number of carbonyl (C=O) groups excluding carboxylic acids is 1. The zero-order chi connectivity index (χ0) is 12.4. The van der Waals surface area contributed by atoms with Gasteiger partial charge in [0, 0.05) is 12.7 Å². The maximum absolute atomic E-state index is 12.1. The Morgan fingerprint density at radius 2 is 2.24 bits per heavy atom. The molecule has 88 valence electrons. The molecule has 2 rings (SSSR count). The minimum atomic E-state index is 0.0132. The Hall–Kier alpha value is -1.68. The van der Waals surface area contributed by atoms with Crippen LogP contribution in [0.5, 0.6) is 0 Å². The zero-order valence-electron chi connectivity index (χ0n) is 10.1. The molecule has 2 aromatic heterocycles. The lowest BCUT2D eigenvalue weighted by atomic mass is 10.1. The number of carbonyl (C=O) groups is 1. The minimum Gasteiger partial charge on any atom is -0.289 e. The molecule has 0 aromatic carbocycles. The van der Waals surface area contributed by atoms with Gasteiger partial charge in [0.15, 0.2) is 5.78 Å². The van der Waals surface area contributed by atoms with E-state index in [1.807, 2.05) is 43.8 Å². The van der Waals surface area contributed by atoms with Gasteiger partial charge in [0.05, 0.1) is 11.3 Å². The summed E-state index contributed by atoms with van der Waals surface area (Å²) in [4.78, 5) is 12.1. The number of hydrogen-bond acceptors (Lipinski definition) is 3. The van der Waals surface area contributed by atoms with Gasteiger partial charge < -0.3 is 0 Å². The summed E-state index contributed by atoms with van der Waals surface area (Å²) in [6, 6.07) is 1.98. The lowest BCUT2D eigenvalue weighted by Crippen LogP contribution is -1.99. The SMILES string of the molecule is Cc1nn(C)c(C)c1C(=O)C=Cc1ccsc1. The molecular formula is C13H14N2OS. The van der Waals surface area contributed by atoms with E-state index < -0.39 is 0 Å². The van der Waals surface area contributed by atoms with Crippen molar-refractivity contribution in [2.75, 3.05) is 0 Å². The molecule has 0 saturated carbocycles. The molecule has 0 spiro atoms. The molecule has 0 atom stereocenters. The first-order chi connectivity index (χ1) is 8.09. The maximum atomic E-state index is 12.1. The first kappa shape index (κ1) is 11.8. The van der Waals surface area contributed by atoms with Crippen molar-refractivity contribution < 1.29 is 4.79 Å². The highest BCUT2D eigenvalue weighted by atomic mass is 32.1. The van der Waals surface area contributed by atoms with Gasteiger partial charge in [-0.05, 0) is 42.3 Å². The maximum Gasteiger partial charge on any atom is 0.189 e. The summed E-state index contributed by atoms with van der Waals surface area (Å²) in [6.45, 7) is 3.77. The van der Waals surface area contributed by atoms with Gasteiger partial charge in [-0.15, -0.1) is 0 Å². The summed E-state index contributed by atoms with van der Waals surface area (Å²) < 4.78 is 1.74. The molecule has 2 heterocycles. The standard InChI is InChI=1S/C13H14N2OS/c1-9-13(10(2)15(3)14-9)12(16)5-4-11-6-7-17-8-11/h4-8H,1-3H3. The molecule has 0 unspecified atom stereocenters. The fourth-order valence-electron chi connectivity index (χ4n) is 1.76. The molecule has 0 amide bonds. The van der Waals surface area contributed by atoms with Gasteiger partial charge in [-0.25, -0.2) is 0 Å². The highest BCUT2D eigenvalue weighted by molar-refractivity contribution is 7.08. The molecular weight excluding hydrogens is 232 g/mol. The fourth-order valence-corrected chi connectivity index (χ4v) is 2.38. The molecule has 0 radical (unpaired) electrons. The molecule has 0 fully saturated rings. The van der Waals surface area contributed by atoms with Crippen molar-refractivity contribution in [1.82, 2.24) is 9.78 Å². The third-order valence-electron chi connectivity index (χ3n) is 2.73. The molecule has 0 aliphatic heterocycles. The quantitative estimate of drug-likeness (QED) is 0.616. The average Bonchev–Trinajstić information content (AvgIpc) is 2.86. The second kappa shape index (κ2) is 4.67. The normalized spacial score (nSPS) is 11.2. The van der Waals surface area contributed by atoms with Gasteiger partial charge in [0.25, 0.3) is 0 Å². The summed E-state index contributed by atoms with van der Waals surface area (Å²) in [7, 11) is 1.85. The molecule has 0 bridgehead atoms. The van der Waals surface area contributed by atoms with Crippen molar-refractivity contribution >= 4 is 23.2 Å². The van der Waals surface area contributed by atoms with Crippen molar-refractivity contribution in [2.45, 2.75) is 13.8 Å². The van der Waals surface area contributed by atoms with Crippen LogP contribution in [0, 0.1) is 13.8 Å². The summed E-state index contributed by atoms with van der Waals surface area (Å²) in [5.41, 5.74) is 3.45. The first-order valence-corrected chi connectivity index (χ1v) is 6.28. The number of aryl methyl sites for hydroxylation is 2. The van der Waals surface area contributed by atoms with Crippen molar-refractivity contribution in [2.24, 2.45) is 7.05 Å². The molecule has 2 aromatic rings. The zero-order valence-corrected chi connectivity index (χ0v) is 10.9. The highest BCUT2D eigenvalue weighted by Gasteiger charge is 2.14. The number of nitrogens with zero attached hydrogens (tertiary/aromatic N) is 2. The van der Waals surface area contributed by atoms with Gasteiger partial charge in [-0.1, -0.05) is 6.08 Å². The van der Waals surface area contributed by atoms with Gasteiger partial charge in [0.1, 0.15) is 0 Å². The van der Waals surface area contributed by atoms with Crippen LogP contribution in [-0.2, 0) is 7.05 Å². The molecule has 4 heteroatoms.